The van der Waals surface area contributed by atoms with Gasteiger partial charge in [0.2, 0.25) is 0 Å². The van der Waals surface area contributed by atoms with Gasteiger partial charge in [-0.2, -0.15) is 0 Å². The quantitative estimate of drug-likeness (QED) is 0.591. The van der Waals surface area contributed by atoms with E-state index in [9.17, 15) is 4.79 Å². The summed E-state index contributed by atoms with van der Waals surface area (Å²) in [6.45, 7) is 0. The Bertz CT molecular complexity index is 475. The summed E-state index contributed by atoms with van der Waals surface area (Å²) in [7, 11) is 0. The fourth-order valence-corrected chi connectivity index (χ4v) is 1.11. The van der Waals surface area contributed by atoms with Crippen LogP contribution in [0.15, 0.2) is 29.2 Å². The van der Waals surface area contributed by atoms with Crippen molar-refractivity contribution in [2.24, 2.45) is 0 Å². The molecule has 0 bridgehead atoms. The average Bonchev–Trinajstić information content (AvgIpc) is 2.04. The van der Waals surface area contributed by atoms with E-state index in [4.69, 9.17) is 5.73 Å². The van der Waals surface area contributed by atoms with E-state index in [1.807, 2.05) is 6.07 Å². The highest BCUT2D eigenvalue weighted by molar-refractivity contribution is 5.86. The summed E-state index contributed by atoms with van der Waals surface area (Å²) in [6.07, 6.45) is 1.61. The molecular weight excluding hydrogens is 154 g/mol. The van der Waals surface area contributed by atoms with Crippen LogP contribution in [0.4, 0.5) is 5.69 Å². The van der Waals surface area contributed by atoms with E-state index in [2.05, 4.69) is 9.97 Å². The molecule has 4 heteroatoms. The zero-order valence-corrected chi connectivity index (χ0v) is 6.24. The molecule has 0 unspecified atom stereocenters. The van der Waals surface area contributed by atoms with E-state index in [-0.39, 0.29) is 5.56 Å². The summed E-state index contributed by atoms with van der Waals surface area (Å²) in [5, 5.41) is 0.775. The molecule has 60 valence electrons. The number of H-pyrrole nitrogens is 1. The highest BCUT2D eigenvalue weighted by Gasteiger charge is 1.98. The van der Waals surface area contributed by atoms with Crippen molar-refractivity contribution < 1.29 is 0 Å². The lowest BCUT2D eigenvalue weighted by Crippen LogP contribution is -2.06. The standard InChI is InChI=1S/C8H7N3O/c9-6-4-7(12)11-8-5(6)2-1-3-10-8/h1-4H,(H3,9,10,11,12). The fraction of sp³-hybridized carbons (Fsp3) is 0. The predicted octanol–water partition coefficient (Wildman–Crippen LogP) is 0.505. The topological polar surface area (TPSA) is 71.8 Å². The zero-order chi connectivity index (χ0) is 8.55. The van der Waals surface area contributed by atoms with Crippen molar-refractivity contribution in [2.45, 2.75) is 0 Å². The Hall–Kier alpha value is -1.84. The molecule has 0 amide bonds. The molecule has 0 saturated carbocycles. The number of pyridine rings is 2. The SMILES string of the molecule is Nc1cc(=O)[nH]c2ncccc12. The second-order valence-corrected chi connectivity index (χ2v) is 2.49. The van der Waals surface area contributed by atoms with Crippen molar-refractivity contribution in [3.05, 3.63) is 34.7 Å². The molecule has 12 heavy (non-hydrogen) atoms. The smallest absolute Gasteiger partial charge is 0.251 e. The van der Waals surface area contributed by atoms with E-state index in [1.165, 1.54) is 6.07 Å². The minimum absolute atomic E-state index is 0.223. The third kappa shape index (κ3) is 0.934. The number of aromatic nitrogens is 2. The lowest BCUT2D eigenvalue weighted by molar-refractivity contribution is 1.23. The lowest BCUT2D eigenvalue weighted by atomic mass is 10.2. The number of fused-ring (bicyclic) bond motifs is 1. The number of anilines is 1. The Morgan fingerprint density at radius 1 is 1.50 bits per heavy atom. The molecule has 3 N–H and O–H groups in total. The van der Waals surface area contributed by atoms with Crippen LogP contribution in [0.3, 0.4) is 0 Å². The molecule has 2 heterocycles. The van der Waals surface area contributed by atoms with Crippen LogP contribution in [0, 0.1) is 0 Å². The highest BCUT2D eigenvalue weighted by Crippen LogP contribution is 2.12. The van der Waals surface area contributed by atoms with Gasteiger partial charge in [0.25, 0.3) is 5.56 Å². The largest absolute Gasteiger partial charge is 0.398 e. The van der Waals surface area contributed by atoms with Crippen molar-refractivity contribution in [3.63, 3.8) is 0 Å². The number of hydrogen-bond acceptors (Lipinski definition) is 3. The molecule has 0 fully saturated rings. The number of nitrogens with one attached hydrogen (secondary N) is 1. The Labute approximate surface area is 68.1 Å². The first-order valence-corrected chi connectivity index (χ1v) is 3.51. The van der Waals surface area contributed by atoms with Gasteiger partial charge in [-0.15, -0.1) is 0 Å². The van der Waals surface area contributed by atoms with E-state index < -0.39 is 0 Å². The maximum absolute atomic E-state index is 10.9. The number of aromatic amines is 1. The van der Waals surface area contributed by atoms with Crippen molar-refractivity contribution in [1.82, 2.24) is 9.97 Å². The van der Waals surface area contributed by atoms with Crippen molar-refractivity contribution in [3.8, 4) is 0 Å². The molecule has 4 nitrogen and oxygen atoms in total. The van der Waals surface area contributed by atoms with Crippen molar-refractivity contribution in [2.75, 3.05) is 5.73 Å². The van der Waals surface area contributed by atoms with Gasteiger partial charge >= 0.3 is 0 Å². The summed E-state index contributed by atoms with van der Waals surface area (Å²) in [5.41, 5.74) is 6.36. The summed E-state index contributed by atoms with van der Waals surface area (Å²) in [4.78, 5) is 17.5. The number of nitrogens with zero attached hydrogens (tertiary/aromatic N) is 1. The first-order valence-electron chi connectivity index (χ1n) is 3.51. The van der Waals surface area contributed by atoms with Crippen LogP contribution < -0.4 is 11.3 Å². The molecular formula is C8H7N3O. The van der Waals surface area contributed by atoms with Crippen LogP contribution in [0.1, 0.15) is 0 Å². The van der Waals surface area contributed by atoms with Gasteiger partial charge in [0.1, 0.15) is 5.65 Å². The monoisotopic (exact) mass is 161 g/mol. The minimum atomic E-state index is -0.223. The Balaban J connectivity index is 2.99. The normalized spacial score (nSPS) is 10.3. The number of nitrogens with two attached hydrogens (primary N) is 1. The van der Waals surface area contributed by atoms with Crippen LogP contribution in [0.5, 0.6) is 0 Å². The van der Waals surface area contributed by atoms with Crippen LogP contribution >= 0.6 is 0 Å². The molecule has 0 aromatic carbocycles. The fourth-order valence-electron chi connectivity index (χ4n) is 1.11. The number of rotatable bonds is 0. The van der Waals surface area contributed by atoms with Crippen LogP contribution in [0.2, 0.25) is 0 Å². The molecule has 2 aromatic rings. The number of nitrogen functional groups attached to an aromatic ring is 1. The predicted molar refractivity (Wildman–Crippen MR) is 46.8 cm³/mol. The summed E-state index contributed by atoms with van der Waals surface area (Å²) >= 11 is 0. The van der Waals surface area contributed by atoms with Gasteiger partial charge < -0.3 is 10.7 Å². The molecule has 0 spiro atoms. The Morgan fingerprint density at radius 2 is 2.33 bits per heavy atom. The van der Waals surface area contributed by atoms with E-state index in [1.54, 1.807) is 12.3 Å². The van der Waals surface area contributed by atoms with E-state index in [0.29, 0.717) is 11.3 Å². The van der Waals surface area contributed by atoms with E-state index in [0.717, 1.165) is 5.39 Å². The maximum atomic E-state index is 10.9. The van der Waals surface area contributed by atoms with Gasteiger partial charge in [0, 0.05) is 23.3 Å². The summed E-state index contributed by atoms with van der Waals surface area (Å²) in [5.74, 6) is 0. The molecule has 0 aliphatic rings. The van der Waals surface area contributed by atoms with E-state index >= 15 is 0 Å². The molecule has 0 radical (unpaired) electrons. The molecule has 0 aliphatic heterocycles. The average molecular weight is 161 g/mol. The van der Waals surface area contributed by atoms with Crippen LogP contribution in [-0.4, -0.2) is 9.97 Å². The third-order valence-corrected chi connectivity index (χ3v) is 1.65. The zero-order valence-electron chi connectivity index (χ0n) is 6.24. The maximum Gasteiger partial charge on any atom is 0.251 e. The summed E-state index contributed by atoms with van der Waals surface area (Å²) < 4.78 is 0. The molecule has 0 atom stereocenters. The third-order valence-electron chi connectivity index (χ3n) is 1.65. The van der Waals surface area contributed by atoms with Gasteiger partial charge in [0.05, 0.1) is 0 Å². The molecule has 2 rings (SSSR count). The van der Waals surface area contributed by atoms with Crippen LogP contribution in [-0.2, 0) is 0 Å². The molecule has 2 aromatic heterocycles. The first-order chi connectivity index (χ1) is 5.77. The van der Waals surface area contributed by atoms with Crippen molar-refractivity contribution >= 4 is 16.7 Å². The second-order valence-electron chi connectivity index (χ2n) is 2.49. The van der Waals surface area contributed by atoms with Gasteiger partial charge in [-0.1, -0.05) is 0 Å². The van der Waals surface area contributed by atoms with Gasteiger partial charge in [-0.25, -0.2) is 4.98 Å². The Morgan fingerprint density at radius 3 is 3.17 bits per heavy atom. The Kier molecular flexibility index (Phi) is 1.33. The minimum Gasteiger partial charge on any atom is -0.398 e. The summed E-state index contributed by atoms with van der Waals surface area (Å²) in [6, 6.07) is 4.94. The van der Waals surface area contributed by atoms with Crippen LogP contribution in [0.25, 0.3) is 11.0 Å². The second kappa shape index (κ2) is 2.34. The first kappa shape index (κ1) is 6.84. The van der Waals surface area contributed by atoms with Gasteiger partial charge in [-0.3, -0.25) is 4.79 Å². The molecule has 0 saturated heterocycles. The number of hydrogen-bond donors (Lipinski definition) is 2. The lowest BCUT2D eigenvalue weighted by Gasteiger charge is -1.97. The highest BCUT2D eigenvalue weighted by atomic mass is 16.1. The molecule has 0 aliphatic carbocycles. The van der Waals surface area contributed by atoms with Gasteiger partial charge in [0.15, 0.2) is 0 Å². The van der Waals surface area contributed by atoms with Crippen molar-refractivity contribution in [1.29, 1.82) is 0 Å². The van der Waals surface area contributed by atoms with Gasteiger partial charge in [-0.05, 0) is 12.1 Å².